The molecule has 1 unspecified atom stereocenters. The van der Waals surface area contributed by atoms with Gasteiger partial charge in [0, 0.05) is 13.1 Å². The van der Waals surface area contributed by atoms with Gasteiger partial charge in [0.15, 0.2) is 0 Å². The molecule has 0 radical (unpaired) electrons. The molecule has 1 N–H and O–H groups in total. The van der Waals surface area contributed by atoms with E-state index in [0.717, 1.165) is 50.8 Å². The third-order valence-corrected chi connectivity index (χ3v) is 3.95. The summed E-state index contributed by atoms with van der Waals surface area (Å²) in [6.45, 7) is 8.37. The Kier molecular flexibility index (Phi) is 6.96. The predicted octanol–water partition coefficient (Wildman–Crippen LogP) is 2.92. The molecule has 118 valence electrons. The Morgan fingerprint density at radius 2 is 2.10 bits per heavy atom. The fourth-order valence-corrected chi connectivity index (χ4v) is 2.88. The molecular formula is C17H27FN2O. The van der Waals surface area contributed by atoms with Gasteiger partial charge in [-0.1, -0.05) is 6.92 Å². The monoisotopic (exact) mass is 294 g/mol. The fourth-order valence-electron chi connectivity index (χ4n) is 2.88. The Bertz CT molecular complexity index is 390. The number of piperidine rings is 1. The summed E-state index contributed by atoms with van der Waals surface area (Å²) in [4.78, 5) is 2.49. The zero-order chi connectivity index (χ0) is 14.9. The van der Waals surface area contributed by atoms with Crippen LogP contribution in [0.1, 0.15) is 26.2 Å². The molecule has 1 aliphatic rings. The van der Waals surface area contributed by atoms with Crippen molar-refractivity contribution in [3.8, 4) is 5.75 Å². The summed E-state index contributed by atoms with van der Waals surface area (Å²) in [6.07, 6.45) is 3.78. The molecule has 1 fully saturated rings. The average Bonchev–Trinajstić information content (AvgIpc) is 2.50. The third-order valence-electron chi connectivity index (χ3n) is 3.95. The van der Waals surface area contributed by atoms with E-state index >= 15 is 0 Å². The van der Waals surface area contributed by atoms with Crippen LogP contribution in [-0.4, -0.2) is 44.2 Å². The number of nitrogens with zero attached hydrogens (tertiary/aromatic N) is 1. The number of ether oxygens (including phenoxy) is 1. The Balaban J connectivity index is 1.72. The van der Waals surface area contributed by atoms with E-state index in [1.807, 2.05) is 0 Å². The molecule has 1 aliphatic heterocycles. The van der Waals surface area contributed by atoms with Gasteiger partial charge in [0.25, 0.3) is 0 Å². The van der Waals surface area contributed by atoms with Crippen molar-refractivity contribution in [3.63, 3.8) is 0 Å². The van der Waals surface area contributed by atoms with E-state index in [-0.39, 0.29) is 5.82 Å². The highest BCUT2D eigenvalue weighted by Crippen LogP contribution is 2.13. The van der Waals surface area contributed by atoms with E-state index in [4.69, 9.17) is 4.74 Å². The fraction of sp³-hybridized carbons (Fsp3) is 0.647. The molecule has 0 saturated carbocycles. The van der Waals surface area contributed by atoms with Gasteiger partial charge in [0.2, 0.25) is 0 Å². The van der Waals surface area contributed by atoms with Gasteiger partial charge in [-0.3, -0.25) is 4.90 Å². The van der Waals surface area contributed by atoms with Crippen LogP contribution in [0.4, 0.5) is 4.39 Å². The molecule has 1 aromatic carbocycles. The van der Waals surface area contributed by atoms with E-state index in [1.165, 1.54) is 25.0 Å². The summed E-state index contributed by atoms with van der Waals surface area (Å²) in [5.74, 6) is 1.28. The number of rotatable bonds is 8. The predicted molar refractivity (Wildman–Crippen MR) is 84.2 cm³/mol. The standard InChI is InChI=1S/C17H27FN2O/c1-2-10-20(14-15-4-3-9-19-13-15)11-12-21-17-7-5-16(18)6-8-17/h5-8,15,19H,2-4,9-14H2,1H3. The van der Waals surface area contributed by atoms with Crippen LogP contribution >= 0.6 is 0 Å². The summed E-state index contributed by atoms with van der Waals surface area (Å²) in [6, 6.07) is 6.24. The van der Waals surface area contributed by atoms with E-state index in [2.05, 4.69) is 17.1 Å². The van der Waals surface area contributed by atoms with Gasteiger partial charge in [0.1, 0.15) is 18.2 Å². The highest BCUT2D eigenvalue weighted by atomic mass is 19.1. The Hall–Kier alpha value is -1.13. The summed E-state index contributed by atoms with van der Waals surface area (Å²) < 4.78 is 18.5. The number of nitrogens with one attached hydrogen (secondary N) is 1. The molecular weight excluding hydrogens is 267 g/mol. The Morgan fingerprint density at radius 3 is 2.76 bits per heavy atom. The van der Waals surface area contributed by atoms with Gasteiger partial charge in [-0.15, -0.1) is 0 Å². The van der Waals surface area contributed by atoms with Crippen LogP contribution in [0.15, 0.2) is 24.3 Å². The lowest BCUT2D eigenvalue weighted by Crippen LogP contribution is -2.40. The SMILES string of the molecule is CCCN(CCOc1ccc(F)cc1)CC1CCCNC1. The van der Waals surface area contributed by atoms with Crippen LogP contribution in [0.2, 0.25) is 0 Å². The Morgan fingerprint density at radius 1 is 1.29 bits per heavy atom. The van der Waals surface area contributed by atoms with Crippen molar-refractivity contribution in [2.75, 3.05) is 39.3 Å². The Labute approximate surface area is 127 Å². The van der Waals surface area contributed by atoms with Gasteiger partial charge in [-0.2, -0.15) is 0 Å². The molecule has 1 saturated heterocycles. The topological polar surface area (TPSA) is 24.5 Å². The minimum Gasteiger partial charge on any atom is -0.492 e. The molecule has 1 atom stereocenters. The highest BCUT2D eigenvalue weighted by Gasteiger charge is 2.16. The maximum atomic E-state index is 12.8. The number of halogens is 1. The van der Waals surface area contributed by atoms with E-state index < -0.39 is 0 Å². The first-order chi connectivity index (χ1) is 10.3. The number of hydrogen-bond acceptors (Lipinski definition) is 3. The molecule has 21 heavy (non-hydrogen) atoms. The normalized spacial score (nSPS) is 18.9. The van der Waals surface area contributed by atoms with E-state index in [9.17, 15) is 4.39 Å². The van der Waals surface area contributed by atoms with Crippen molar-refractivity contribution in [2.45, 2.75) is 26.2 Å². The van der Waals surface area contributed by atoms with Crippen LogP contribution in [0, 0.1) is 11.7 Å². The minimum atomic E-state index is -0.222. The highest BCUT2D eigenvalue weighted by molar-refractivity contribution is 5.21. The first-order valence-corrected chi connectivity index (χ1v) is 8.09. The van der Waals surface area contributed by atoms with E-state index in [1.54, 1.807) is 12.1 Å². The molecule has 0 aliphatic carbocycles. The molecule has 3 nitrogen and oxygen atoms in total. The van der Waals surface area contributed by atoms with E-state index in [0.29, 0.717) is 6.61 Å². The van der Waals surface area contributed by atoms with Gasteiger partial charge in [0.05, 0.1) is 0 Å². The third kappa shape index (κ3) is 6.02. The number of hydrogen-bond donors (Lipinski definition) is 1. The van der Waals surface area contributed by atoms with Gasteiger partial charge in [-0.25, -0.2) is 4.39 Å². The molecule has 4 heteroatoms. The number of benzene rings is 1. The quantitative estimate of drug-likeness (QED) is 0.798. The van der Waals surface area contributed by atoms with Crippen LogP contribution in [0.5, 0.6) is 5.75 Å². The lowest BCUT2D eigenvalue weighted by Gasteiger charge is -2.29. The van der Waals surface area contributed by atoms with Crippen molar-refractivity contribution in [1.82, 2.24) is 10.2 Å². The van der Waals surface area contributed by atoms with Crippen LogP contribution < -0.4 is 10.1 Å². The van der Waals surface area contributed by atoms with Gasteiger partial charge in [-0.05, 0) is 69.1 Å². The molecule has 1 aromatic rings. The minimum absolute atomic E-state index is 0.222. The van der Waals surface area contributed by atoms with Crippen molar-refractivity contribution < 1.29 is 9.13 Å². The van der Waals surface area contributed by atoms with Crippen molar-refractivity contribution >= 4 is 0 Å². The first kappa shape index (κ1) is 16.2. The lowest BCUT2D eigenvalue weighted by atomic mass is 9.99. The maximum Gasteiger partial charge on any atom is 0.123 e. The van der Waals surface area contributed by atoms with Gasteiger partial charge >= 0.3 is 0 Å². The summed E-state index contributed by atoms with van der Waals surface area (Å²) >= 11 is 0. The second kappa shape index (κ2) is 9.00. The molecule has 0 spiro atoms. The largest absolute Gasteiger partial charge is 0.492 e. The van der Waals surface area contributed by atoms with Crippen LogP contribution in [0.3, 0.4) is 0 Å². The summed E-state index contributed by atoms with van der Waals surface area (Å²) in [5.41, 5.74) is 0. The second-order valence-corrected chi connectivity index (χ2v) is 5.82. The molecule has 0 aromatic heterocycles. The summed E-state index contributed by atoms with van der Waals surface area (Å²) in [7, 11) is 0. The molecule has 2 rings (SSSR count). The van der Waals surface area contributed by atoms with Crippen LogP contribution in [-0.2, 0) is 0 Å². The van der Waals surface area contributed by atoms with Crippen LogP contribution in [0.25, 0.3) is 0 Å². The molecule has 0 amide bonds. The zero-order valence-electron chi connectivity index (χ0n) is 13.0. The molecule has 1 heterocycles. The second-order valence-electron chi connectivity index (χ2n) is 5.82. The van der Waals surface area contributed by atoms with Crippen molar-refractivity contribution in [3.05, 3.63) is 30.1 Å². The smallest absolute Gasteiger partial charge is 0.123 e. The van der Waals surface area contributed by atoms with Gasteiger partial charge < -0.3 is 10.1 Å². The van der Waals surface area contributed by atoms with Crippen molar-refractivity contribution in [1.29, 1.82) is 0 Å². The zero-order valence-corrected chi connectivity index (χ0v) is 13.0. The average molecular weight is 294 g/mol. The first-order valence-electron chi connectivity index (χ1n) is 8.09. The lowest BCUT2D eigenvalue weighted by molar-refractivity contribution is 0.173. The van der Waals surface area contributed by atoms with Crippen molar-refractivity contribution in [2.24, 2.45) is 5.92 Å². The maximum absolute atomic E-state index is 12.8. The summed E-state index contributed by atoms with van der Waals surface area (Å²) in [5, 5.41) is 3.48. The molecule has 0 bridgehead atoms.